The predicted molar refractivity (Wildman–Crippen MR) is 163 cm³/mol. The number of nitrogens with zero attached hydrogens (tertiary/aromatic N) is 2. The van der Waals surface area contributed by atoms with E-state index in [4.69, 9.17) is 35.7 Å². The third-order valence-corrected chi connectivity index (χ3v) is 7.91. The first-order valence-corrected chi connectivity index (χ1v) is 14.6. The lowest BCUT2D eigenvalue weighted by molar-refractivity contribution is -0.143. The number of rotatable bonds is 11. The van der Waals surface area contributed by atoms with Crippen LogP contribution in [-0.4, -0.2) is 61.4 Å². The summed E-state index contributed by atoms with van der Waals surface area (Å²) in [5.74, 6) is -0.859. The van der Waals surface area contributed by atoms with Crippen molar-refractivity contribution in [2.24, 2.45) is 5.41 Å². The number of methoxy groups -OCH3 is 2. The Morgan fingerprint density at radius 3 is 2.63 bits per heavy atom. The number of carboxylic acid groups (broad SMARTS) is 1. The molecule has 12 heteroatoms. The first kappa shape index (κ1) is 32.0. The highest BCUT2D eigenvalue weighted by Crippen LogP contribution is 2.45. The van der Waals surface area contributed by atoms with Crippen LogP contribution in [0.3, 0.4) is 0 Å². The molecule has 0 saturated carbocycles. The lowest BCUT2D eigenvalue weighted by Crippen LogP contribution is -2.46. The molecule has 1 aliphatic heterocycles. The van der Waals surface area contributed by atoms with Crippen LogP contribution in [0, 0.1) is 5.41 Å². The van der Waals surface area contributed by atoms with Crippen molar-refractivity contribution in [3.8, 4) is 11.5 Å². The fourth-order valence-corrected chi connectivity index (χ4v) is 5.84. The van der Waals surface area contributed by atoms with Gasteiger partial charge in [-0.05, 0) is 30.3 Å². The van der Waals surface area contributed by atoms with E-state index >= 15 is 0 Å². The fourth-order valence-electron chi connectivity index (χ4n) is 4.81. The van der Waals surface area contributed by atoms with Crippen LogP contribution >= 0.6 is 22.9 Å². The monoisotopic (exact) mass is 628 g/mol. The standard InChI is InChI=1S/C31H33ClN2O8S/c1-18(35)41-17-31(2,3)16-34-23-11-9-19(32)13-22(23)28(21-7-6-8-24(39-4)29(21)40-5)42-25(30(34)38)14-26-33-15-20(43-26)10-12-27(36)37/h6-13,15,25,28H,14,16-17H2,1-5H3,(H,36,37)/b12-10+/t25-,28-/m1/s1. The van der Waals surface area contributed by atoms with E-state index in [1.165, 1.54) is 31.4 Å². The Hall–Kier alpha value is -3.93. The summed E-state index contributed by atoms with van der Waals surface area (Å²) in [6.07, 6.45) is 2.36. The lowest BCUT2D eigenvalue weighted by atomic mass is 9.92. The Balaban J connectivity index is 1.84. The number of fused-ring (bicyclic) bond motifs is 1. The van der Waals surface area contributed by atoms with E-state index in [0.717, 1.165) is 6.08 Å². The summed E-state index contributed by atoms with van der Waals surface area (Å²) in [5, 5.41) is 10.0. The van der Waals surface area contributed by atoms with E-state index < -0.39 is 29.6 Å². The second-order valence-corrected chi connectivity index (χ2v) is 12.3. The topological polar surface area (TPSA) is 124 Å². The van der Waals surface area contributed by atoms with Crippen LogP contribution in [0.15, 0.2) is 48.7 Å². The molecule has 1 N–H and O–H groups in total. The van der Waals surface area contributed by atoms with Crippen LogP contribution in [0.1, 0.15) is 47.9 Å². The molecular formula is C31H33ClN2O8S. The van der Waals surface area contributed by atoms with Gasteiger partial charge < -0.3 is 29.0 Å². The number of benzene rings is 2. The molecule has 2 aromatic carbocycles. The number of hydrogen-bond donors (Lipinski definition) is 1. The number of amides is 1. The molecule has 3 aromatic rings. The number of esters is 1. The third-order valence-electron chi connectivity index (χ3n) is 6.69. The fraction of sp³-hybridized carbons (Fsp3) is 0.355. The van der Waals surface area contributed by atoms with Gasteiger partial charge in [-0.25, -0.2) is 9.78 Å². The van der Waals surface area contributed by atoms with Crippen LogP contribution in [-0.2, 0) is 30.3 Å². The molecule has 43 heavy (non-hydrogen) atoms. The molecule has 0 spiro atoms. The Morgan fingerprint density at radius 1 is 1.19 bits per heavy atom. The minimum Gasteiger partial charge on any atom is -0.493 e. The van der Waals surface area contributed by atoms with Gasteiger partial charge in [0.05, 0.1) is 25.8 Å². The summed E-state index contributed by atoms with van der Waals surface area (Å²) < 4.78 is 23.3. The van der Waals surface area contributed by atoms with E-state index in [9.17, 15) is 14.4 Å². The SMILES string of the molecule is COc1cccc([C@H]2O[C@H](Cc3ncc(/C=C/C(=O)O)s3)C(=O)N(CC(C)(C)COC(C)=O)c3ccc(Cl)cc32)c1OC. The maximum absolute atomic E-state index is 14.4. The van der Waals surface area contributed by atoms with E-state index in [-0.39, 0.29) is 25.5 Å². The second-order valence-electron chi connectivity index (χ2n) is 10.7. The number of aliphatic carboxylic acids is 1. The highest BCUT2D eigenvalue weighted by Gasteiger charge is 2.40. The van der Waals surface area contributed by atoms with E-state index in [1.807, 2.05) is 26.0 Å². The molecule has 4 rings (SSSR count). The van der Waals surface area contributed by atoms with Gasteiger partial charge in [-0.3, -0.25) is 9.59 Å². The number of thiazole rings is 1. The minimum absolute atomic E-state index is 0.0967. The van der Waals surface area contributed by atoms with Crippen molar-refractivity contribution in [2.75, 3.05) is 32.3 Å². The van der Waals surface area contributed by atoms with E-state index in [0.29, 0.717) is 43.2 Å². The average Bonchev–Trinajstić information content (AvgIpc) is 3.39. The number of carbonyl (C=O) groups is 3. The molecule has 0 aliphatic carbocycles. The van der Waals surface area contributed by atoms with Crippen molar-refractivity contribution in [1.82, 2.24) is 4.98 Å². The molecule has 2 atom stereocenters. The van der Waals surface area contributed by atoms with Gasteiger partial charge >= 0.3 is 11.9 Å². The van der Waals surface area contributed by atoms with Crippen molar-refractivity contribution in [3.05, 3.63) is 74.7 Å². The molecule has 0 radical (unpaired) electrons. The zero-order chi connectivity index (χ0) is 31.3. The average molecular weight is 629 g/mol. The van der Waals surface area contributed by atoms with Crippen molar-refractivity contribution in [2.45, 2.75) is 39.4 Å². The van der Waals surface area contributed by atoms with Gasteiger partial charge in [0.2, 0.25) is 0 Å². The summed E-state index contributed by atoms with van der Waals surface area (Å²) in [6.45, 7) is 5.46. The number of para-hydroxylation sites is 1. The molecule has 10 nitrogen and oxygen atoms in total. The van der Waals surface area contributed by atoms with Crippen LogP contribution in [0.2, 0.25) is 5.02 Å². The van der Waals surface area contributed by atoms with Gasteiger partial charge in [-0.15, -0.1) is 11.3 Å². The van der Waals surface area contributed by atoms with Crippen molar-refractivity contribution in [3.63, 3.8) is 0 Å². The number of hydrogen-bond acceptors (Lipinski definition) is 9. The van der Waals surface area contributed by atoms with Gasteiger partial charge in [-0.2, -0.15) is 0 Å². The minimum atomic E-state index is -1.07. The van der Waals surface area contributed by atoms with Crippen molar-refractivity contribution in [1.29, 1.82) is 0 Å². The number of aromatic nitrogens is 1. The number of anilines is 1. The zero-order valence-corrected chi connectivity index (χ0v) is 26.0. The molecule has 0 fully saturated rings. The van der Waals surface area contributed by atoms with Crippen LogP contribution in [0.4, 0.5) is 5.69 Å². The third kappa shape index (κ3) is 7.73. The Labute approximate surface area is 258 Å². The molecule has 1 aromatic heterocycles. The number of carbonyl (C=O) groups excluding carboxylic acids is 2. The summed E-state index contributed by atoms with van der Waals surface area (Å²) in [5.41, 5.74) is 1.24. The largest absolute Gasteiger partial charge is 0.493 e. The smallest absolute Gasteiger partial charge is 0.328 e. The quantitative estimate of drug-likeness (QED) is 0.214. The highest BCUT2D eigenvalue weighted by atomic mass is 35.5. The van der Waals surface area contributed by atoms with Crippen LogP contribution in [0.5, 0.6) is 11.5 Å². The maximum Gasteiger partial charge on any atom is 0.328 e. The van der Waals surface area contributed by atoms with Gasteiger partial charge in [0.1, 0.15) is 12.2 Å². The summed E-state index contributed by atoms with van der Waals surface area (Å²) >= 11 is 7.77. The second kappa shape index (κ2) is 13.6. The van der Waals surface area contributed by atoms with Gasteiger partial charge in [0.15, 0.2) is 11.5 Å². The molecule has 1 aliphatic rings. The molecule has 2 heterocycles. The summed E-state index contributed by atoms with van der Waals surface area (Å²) in [6, 6.07) is 10.7. The Kier molecular flexibility index (Phi) is 10.1. The first-order valence-electron chi connectivity index (χ1n) is 13.4. The van der Waals surface area contributed by atoms with Crippen molar-refractivity contribution >= 4 is 52.5 Å². The number of carboxylic acids is 1. The van der Waals surface area contributed by atoms with Crippen LogP contribution in [0.25, 0.3) is 6.08 Å². The summed E-state index contributed by atoms with van der Waals surface area (Å²) in [7, 11) is 3.07. The van der Waals surface area contributed by atoms with Crippen LogP contribution < -0.4 is 14.4 Å². The van der Waals surface area contributed by atoms with Gasteiger partial charge in [0, 0.05) is 64.3 Å². The van der Waals surface area contributed by atoms with Crippen molar-refractivity contribution < 1.29 is 38.4 Å². The number of ether oxygens (including phenoxy) is 4. The Bertz CT molecular complexity index is 1540. The predicted octanol–water partition coefficient (Wildman–Crippen LogP) is 5.56. The van der Waals surface area contributed by atoms with Gasteiger partial charge in [0.25, 0.3) is 5.91 Å². The molecule has 0 bridgehead atoms. The highest BCUT2D eigenvalue weighted by molar-refractivity contribution is 7.12. The van der Waals surface area contributed by atoms with E-state index in [1.54, 1.807) is 42.5 Å². The maximum atomic E-state index is 14.4. The molecule has 228 valence electrons. The lowest BCUT2D eigenvalue weighted by Gasteiger charge is -2.33. The van der Waals surface area contributed by atoms with E-state index in [2.05, 4.69) is 4.98 Å². The molecule has 0 unspecified atom stereocenters. The molecule has 0 saturated heterocycles. The Morgan fingerprint density at radius 2 is 1.95 bits per heavy atom. The first-order chi connectivity index (χ1) is 20.4. The molecular weight excluding hydrogens is 596 g/mol. The van der Waals surface area contributed by atoms with Gasteiger partial charge in [-0.1, -0.05) is 37.6 Å². The number of halogens is 1. The molecule has 1 amide bonds. The zero-order valence-electron chi connectivity index (χ0n) is 24.5. The summed E-state index contributed by atoms with van der Waals surface area (Å²) in [4.78, 5) is 43.6. The normalized spacial score (nSPS) is 17.0.